The largest absolute Gasteiger partial charge is 0.380 e. The molecule has 1 fully saturated rings. The first-order chi connectivity index (χ1) is 8.66. The molecule has 1 aliphatic rings. The fraction of sp³-hybridized carbons (Fsp3) is 1.00. The van der Waals surface area contributed by atoms with Crippen LogP contribution in [0.3, 0.4) is 0 Å². The Morgan fingerprint density at radius 1 is 1.42 bits per heavy atom. The highest BCUT2D eigenvalue weighted by molar-refractivity contribution is 7.87. The van der Waals surface area contributed by atoms with Crippen LogP contribution >= 0.6 is 0 Å². The lowest BCUT2D eigenvalue weighted by molar-refractivity contribution is 0.0209. The van der Waals surface area contributed by atoms with Crippen molar-refractivity contribution in [3.8, 4) is 0 Å². The van der Waals surface area contributed by atoms with Crippen molar-refractivity contribution >= 4 is 10.2 Å². The highest BCUT2D eigenvalue weighted by atomic mass is 32.2. The maximum absolute atomic E-state index is 12.2. The van der Waals surface area contributed by atoms with E-state index in [-0.39, 0.29) is 11.5 Å². The van der Waals surface area contributed by atoms with Crippen molar-refractivity contribution in [1.82, 2.24) is 9.03 Å². The van der Waals surface area contributed by atoms with Crippen molar-refractivity contribution in [2.75, 3.05) is 26.7 Å². The molecule has 6 heteroatoms. The molecule has 1 N–H and O–H groups in total. The molecule has 1 aliphatic heterocycles. The van der Waals surface area contributed by atoms with Gasteiger partial charge >= 0.3 is 0 Å². The van der Waals surface area contributed by atoms with Crippen molar-refractivity contribution in [1.29, 1.82) is 0 Å². The van der Waals surface area contributed by atoms with E-state index in [0.29, 0.717) is 25.6 Å². The third kappa shape index (κ3) is 5.02. The third-order valence-corrected chi connectivity index (χ3v) is 5.20. The fourth-order valence-electron chi connectivity index (χ4n) is 2.38. The fourth-order valence-corrected chi connectivity index (χ4v) is 3.74. The number of hydrogen-bond acceptors (Lipinski definition) is 3. The Morgan fingerprint density at radius 3 is 2.53 bits per heavy atom. The summed E-state index contributed by atoms with van der Waals surface area (Å²) in [5, 5.41) is 0. The highest BCUT2D eigenvalue weighted by Crippen LogP contribution is 2.22. The van der Waals surface area contributed by atoms with E-state index in [2.05, 4.69) is 11.6 Å². The molecule has 1 saturated heterocycles. The Kier molecular flexibility index (Phi) is 5.79. The van der Waals surface area contributed by atoms with Gasteiger partial charge in [-0.25, -0.2) is 0 Å². The molecule has 2 atom stereocenters. The van der Waals surface area contributed by atoms with Crippen LogP contribution < -0.4 is 4.72 Å². The van der Waals surface area contributed by atoms with Gasteiger partial charge in [0, 0.05) is 26.7 Å². The third-order valence-electron chi connectivity index (χ3n) is 3.66. The van der Waals surface area contributed by atoms with Crippen molar-refractivity contribution in [3.05, 3.63) is 0 Å². The van der Waals surface area contributed by atoms with Crippen molar-refractivity contribution in [3.63, 3.8) is 0 Å². The monoisotopic (exact) mass is 292 g/mol. The standard InChI is InChI=1S/C13H28N2O3S/c1-11-7-6-8-15(10-11)19(16,17)14-9-12(18-5)13(2,3)4/h11-12,14H,6-10H2,1-5H3/t11-,12+/m1/s1. The summed E-state index contributed by atoms with van der Waals surface area (Å²) in [6.07, 6.45) is 1.91. The number of rotatable bonds is 5. The molecule has 1 rings (SSSR count). The van der Waals surface area contributed by atoms with Gasteiger partial charge in [-0.15, -0.1) is 0 Å². The van der Waals surface area contributed by atoms with Gasteiger partial charge in [-0.05, 0) is 24.2 Å². The molecular formula is C13H28N2O3S. The first-order valence-corrected chi connectivity index (χ1v) is 8.38. The average molecular weight is 292 g/mol. The van der Waals surface area contributed by atoms with Crippen LogP contribution in [0.15, 0.2) is 0 Å². The smallest absolute Gasteiger partial charge is 0.279 e. The molecule has 0 spiro atoms. The Balaban J connectivity index is 2.59. The zero-order valence-corrected chi connectivity index (χ0v) is 13.6. The second-order valence-electron chi connectivity index (χ2n) is 6.55. The second-order valence-corrected chi connectivity index (χ2v) is 8.30. The zero-order valence-electron chi connectivity index (χ0n) is 12.8. The Bertz CT molecular complexity index is 376. The van der Waals surface area contributed by atoms with Gasteiger partial charge in [-0.1, -0.05) is 27.7 Å². The first kappa shape index (κ1) is 16.9. The zero-order chi connectivity index (χ0) is 14.7. The van der Waals surface area contributed by atoms with Crippen LogP contribution in [-0.4, -0.2) is 45.6 Å². The van der Waals surface area contributed by atoms with Gasteiger partial charge in [-0.2, -0.15) is 17.4 Å². The predicted octanol–water partition coefficient (Wildman–Crippen LogP) is 1.61. The van der Waals surface area contributed by atoms with Crippen LogP contribution in [0, 0.1) is 11.3 Å². The minimum atomic E-state index is -3.38. The summed E-state index contributed by atoms with van der Waals surface area (Å²) in [5.41, 5.74) is -0.0908. The van der Waals surface area contributed by atoms with E-state index in [1.54, 1.807) is 11.4 Å². The maximum Gasteiger partial charge on any atom is 0.279 e. The molecule has 5 nitrogen and oxygen atoms in total. The summed E-state index contributed by atoms with van der Waals surface area (Å²) < 4.78 is 34.1. The number of methoxy groups -OCH3 is 1. The lowest BCUT2D eigenvalue weighted by Gasteiger charge is -2.33. The van der Waals surface area contributed by atoms with Crippen LogP contribution in [0.5, 0.6) is 0 Å². The molecule has 1 heterocycles. The highest BCUT2D eigenvalue weighted by Gasteiger charge is 2.30. The van der Waals surface area contributed by atoms with E-state index in [1.807, 2.05) is 20.8 Å². The summed E-state index contributed by atoms with van der Waals surface area (Å²) in [6.45, 7) is 9.76. The quantitative estimate of drug-likeness (QED) is 0.837. The van der Waals surface area contributed by atoms with Crippen molar-refractivity contribution in [2.45, 2.75) is 46.6 Å². The molecule has 19 heavy (non-hydrogen) atoms. The van der Waals surface area contributed by atoms with Gasteiger partial charge in [0.25, 0.3) is 10.2 Å². The summed E-state index contributed by atoms with van der Waals surface area (Å²) in [6, 6.07) is 0. The molecule has 0 aromatic rings. The predicted molar refractivity (Wildman–Crippen MR) is 77.1 cm³/mol. The van der Waals surface area contributed by atoms with Crippen LogP contribution in [0.4, 0.5) is 0 Å². The SMILES string of the molecule is CO[C@@H](CNS(=O)(=O)N1CCC[C@@H](C)C1)C(C)(C)C. The molecule has 0 radical (unpaired) electrons. The molecule has 0 saturated carbocycles. The van der Waals surface area contributed by atoms with Gasteiger partial charge in [0.05, 0.1) is 6.10 Å². The van der Waals surface area contributed by atoms with Gasteiger partial charge in [0.1, 0.15) is 0 Å². The second kappa shape index (κ2) is 6.52. The van der Waals surface area contributed by atoms with Gasteiger partial charge < -0.3 is 4.74 Å². The molecule has 0 bridgehead atoms. The van der Waals surface area contributed by atoms with Crippen LogP contribution in [-0.2, 0) is 14.9 Å². The number of ether oxygens (including phenoxy) is 1. The van der Waals surface area contributed by atoms with E-state index in [4.69, 9.17) is 4.74 Å². The summed E-state index contributed by atoms with van der Waals surface area (Å²) in [5.74, 6) is 0.436. The minimum Gasteiger partial charge on any atom is -0.380 e. The molecule has 0 unspecified atom stereocenters. The number of piperidine rings is 1. The van der Waals surface area contributed by atoms with E-state index in [9.17, 15) is 8.42 Å². The minimum absolute atomic E-state index is 0.0908. The van der Waals surface area contributed by atoms with Crippen molar-refractivity contribution in [2.24, 2.45) is 11.3 Å². The number of nitrogens with zero attached hydrogens (tertiary/aromatic N) is 1. The Morgan fingerprint density at radius 2 is 2.05 bits per heavy atom. The van der Waals surface area contributed by atoms with Crippen LogP contribution in [0.2, 0.25) is 0 Å². The normalized spacial score (nSPS) is 24.4. The van der Waals surface area contributed by atoms with E-state index >= 15 is 0 Å². The van der Waals surface area contributed by atoms with Gasteiger partial charge in [0.15, 0.2) is 0 Å². The van der Waals surface area contributed by atoms with E-state index in [1.165, 1.54) is 0 Å². The summed E-state index contributed by atoms with van der Waals surface area (Å²) in [4.78, 5) is 0. The first-order valence-electron chi connectivity index (χ1n) is 6.94. The topological polar surface area (TPSA) is 58.6 Å². The molecule has 0 aliphatic carbocycles. The maximum atomic E-state index is 12.2. The van der Waals surface area contributed by atoms with Crippen molar-refractivity contribution < 1.29 is 13.2 Å². The summed E-state index contributed by atoms with van der Waals surface area (Å²) in [7, 11) is -1.76. The average Bonchev–Trinajstić information content (AvgIpc) is 2.27. The summed E-state index contributed by atoms with van der Waals surface area (Å²) >= 11 is 0. The molecule has 0 aromatic heterocycles. The molecular weight excluding hydrogens is 264 g/mol. The lowest BCUT2D eigenvalue weighted by Crippen LogP contribution is -2.49. The van der Waals surface area contributed by atoms with Crippen LogP contribution in [0.25, 0.3) is 0 Å². The molecule has 0 aromatic carbocycles. The number of hydrogen-bond donors (Lipinski definition) is 1. The molecule has 0 amide bonds. The lowest BCUT2D eigenvalue weighted by atomic mass is 9.89. The van der Waals surface area contributed by atoms with Gasteiger partial charge in [-0.3, -0.25) is 0 Å². The Labute approximate surface area is 117 Å². The van der Waals surface area contributed by atoms with Gasteiger partial charge in [0.2, 0.25) is 0 Å². The molecule has 114 valence electrons. The van der Waals surface area contributed by atoms with E-state index in [0.717, 1.165) is 12.8 Å². The van der Waals surface area contributed by atoms with Crippen LogP contribution in [0.1, 0.15) is 40.5 Å². The number of nitrogens with one attached hydrogen (secondary N) is 1. The Hall–Kier alpha value is -0.170. The van der Waals surface area contributed by atoms with E-state index < -0.39 is 10.2 Å².